The van der Waals surface area contributed by atoms with Gasteiger partial charge in [-0.15, -0.1) is 0 Å². The fourth-order valence-electron chi connectivity index (χ4n) is 1.16. The minimum Gasteiger partial charge on any atom is -0.479 e. The Morgan fingerprint density at radius 2 is 1.68 bits per heavy atom. The molecule has 1 amide bonds. The molecular weight excluding hydrogens is 260 g/mol. The van der Waals surface area contributed by atoms with Crippen molar-refractivity contribution in [1.82, 2.24) is 0 Å². The van der Waals surface area contributed by atoms with Crippen LogP contribution in [0.2, 0.25) is 0 Å². The largest absolute Gasteiger partial charge is 0.479 e. The maximum Gasteiger partial charge on any atom is 0.335 e. The third kappa shape index (κ3) is 3.72. The van der Waals surface area contributed by atoms with E-state index in [-0.39, 0.29) is 11.4 Å². The van der Waals surface area contributed by atoms with Crippen molar-refractivity contribution in [1.29, 1.82) is 0 Å². The van der Waals surface area contributed by atoms with Gasteiger partial charge < -0.3 is 20.6 Å². The lowest BCUT2D eigenvalue weighted by Crippen LogP contribution is -2.42. The molecule has 0 spiro atoms. The summed E-state index contributed by atoms with van der Waals surface area (Å²) in [4.78, 5) is 31.5. The third-order valence-corrected chi connectivity index (χ3v) is 2.17. The number of carboxylic acid groups (broad SMARTS) is 1. The zero-order valence-electron chi connectivity index (χ0n) is 9.39. The highest BCUT2D eigenvalue weighted by molar-refractivity contribution is 5.97. The molecule has 9 nitrogen and oxygen atoms in total. The first kappa shape index (κ1) is 14.5. The van der Waals surface area contributed by atoms with Gasteiger partial charge in [0.25, 0.3) is 11.6 Å². The van der Waals surface area contributed by atoms with E-state index in [9.17, 15) is 24.8 Å². The van der Waals surface area contributed by atoms with Gasteiger partial charge in [-0.25, -0.2) is 4.79 Å². The molecule has 0 fully saturated rings. The van der Waals surface area contributed by atoms with Crippen LogP contribution < -0.4 is 5.32 Å². The highest BCUT2D eigenvalue weighted by Crippen LogP contribution is 2.15. The predicted molar refractivity (Wildman–Crippen MR) is 61.4 cm³/mol. The molecule has 0 aliphatic rings. The third-order valence-electron chi connectivity index (χ3n) is 2.17. The van der Waals surface area contributed by atoms with Gasteiger partial charge in [0.15, 0.2) is 12.2 Å². The summed E-state index contributed by atoms with van der Waals surface area (Å²) in [7, 11) is 0. The summed E-state index contributed by atoms with van der Waals surface area (Å²) < 4.78 is 0. The van der Waals surface area contributed by atoms with E-state index in [2.05, 4.69) is 5.32 Å². The lowest BCUT2D eigenvalue weighted by molar-refractivity contribution is -0.384. The first-order chi connectivity index (χ1) is 8.82. The van der Waals surface area contributed by atoms with E-state index >= 15 is 0 Å². The van der Waals surface area contributed by atoms with Crippen molar-refractivity contribution in [2.45, 2.75) is 12.2 Å². The molecule has 9 heteroatoms. The maximum atomic E-state index is 11.4. The number of nitro benzene ring substituents is 1. The second-order valence-corrected chi connectivity index (χ2v) is 3.52. The number of nitrogens with one attached hydrogen (secondary N) is 1. The number of nitro groups is 1. The van der Waals surface area contributed by atoms with E-state index in [0.29, 0.717) is 0 Å². The van der Waals surface area contributed by atoms with E-state index < -0.39 is 29.0 Å². The fraction of sp³-hybridized carbons (Fsp3) is 0.200. The van der Waals surface area contributed by atoms with Crippen LogP contribution in [-0.4, -0.2) is 44.3 Å². The van der Waals surface area contributed by atoms with Crippen molar-refractivity contribution in [3.05, 3.63) is 34.4 Å². The van der Waals surface area contributed by atoms with Crippen molar-refractivity contribution >= 4 is 23.3 Å². The molecule has 0 bridgehead atoms. The van der Waals surface area contributed by atoms with Crippen LogP contribution in [0.1, 0.15) is 0 Å². The summed E-state index contributed by atoms with van der Waals surface area (Å²) in [5.74, 6) is -2.88. The molecule has 0 aliphatic carbocycles. The molecule has 102 valence electrons. The van der Waals surface area contributed by atoms with Gasteiger partial charge in [-0.2, -0.15) is 0 Å². The predicted octanol–water partition coefficient (Wildman–Crippen LogP) is -0.660. The first-order valence-corrected chi connectivity index (χ1v) is 4.97. The second kappa shape index (κ2) is 5.89. The molecule has 0 saturated carbocycles. The van der Waals surface area contributed by atoms with Gasteiger partial charge in [-0.05, 0) is 12.1 Å². The summed E-state index contributed by atoms with van der Waals surface area (Å²) in [6.07, 6.45) is -4.40. The molecule has 2 atom stereocenters. The number of rotatable bonds is 5. The minimum atomic E-state index is -2.25. The van der Waals surface area contributed by atoms with Crippen LogP contribution in [0.4, 0.5) is 11.4 Å². The number of anilines is 1. The standard InChI is InChI=1S/C10H10N2O7/c13-7(8(14)10(16)17)9(15)11-5-1-3-6(4-2-5)12(18)19/h1-4,7-8,13-14H,(H,11,15)(H,16,17)/t7-,8-/m1/s1. The van der Waals surface area contributed by atoms with E-state index in [0.717, 1.165) is 12.1 Å². The number of amides is 1. The maximum absolute atomic E-state index is 11.4. The molecule has 0 saturated heterocycles. The topological polar surface area (TPSA) is 150 Å². The van der Waals surface area contributed by atoms with Crippen molar-refractivity contribution in [3.8, 4) is 0 Å². The molecule has 4 N–H and O–H groups in total. The van der Waals surface area contributed by atoms with E-state index in [4.69, 9.17) is 10.2 Å². The number of non-ortho nitro benzene ring substituents is 1. The van der Waals surface area contributed by atoms with Gasteiger partial charge in [0, 0.05) is 17.8 Å². The Labute approximate surface area is 106 Å². The van der Waals surface area contributed by atoms with Crippen LogP contribution in [0.5, 0.6) is 0 Å². The Morgan fingerprint density at radius 3 is 2.11 bits per heavy atom. The number of nitrogens with zero attached hydrogens (tertiary/aromatic N) is 1. The molecule has 1 rings (SSSR count). The van der Waals surface area contributed by atoms with Gasteiger partial charge >= 0.3 is 5.97 Å². The number of hydrogen-bond donors (Lipinski definition) is 4. The normalized spacial score (nSPS) is 13.4. The van der Waals surface area contributed by atoms with E-state index in [1.54, 1.807) is 0 Å². The summed E-state index contributed by atoms with van der Waals surface area (Å²) in [5.41, 5.74) is -0.0728. The Balaban J connectivity index is 2.71. The number of aliphatic carboxylic acids is 1. The highest BCUT2D eigenvalue weighted by Gasteiger charge is 2.30. The number of carboxylic acids is 1. The SMILES string of the molecule is O=C(O)[C@H](O)[C@@H](O)C(=O)Nc1ccc([N+](=O)[O-])cc1. The average molecular weight is 270 g/mol. The zero-order valence-corrected chi connectivity index (χ0v) is 9.39. The van der Waals surface area contributed by atoms with Crippen LogP contribution in [0.3, 0.4) is 0 Å². The number of benzene rings is 1. The summed E-state index contributed by atoms with van der Waals surface area (Å²) >= 11 is 0. The molecule has 0 aliphatic heterocycles. The molecule has 0 aromatic heterocycles. The van der Waals surface area contributed by atoms with Gasteiger partial charge in [-0.1, -0.05) is 0 Å². The lowest BCUT2D eigenvalue weighted by atomic mass is 10.2. The molecule has 0 radical (unpaired) electrons. The van der Waals surface area contributed by atoms with Crippen LogP contribution in [0.25, 0.3) is 0 Å². The minimum absolute atomic E-state index is 0.118. The second-order valence-electron chi connectivity index (χ2n) is 3.52. The van der Waals surface area contributed by atoms with E-state index in [1.807, 2.05) is 0 Å². The van der Waals surface area contributed by atoms with Crippen molar-refractivity contribution < 1.29 is 29.8 Å². The van der Waals surface area contributed by atoms with Crippen LogP contribution in [0.15, 0.2) is 24.3 Å². The monoisotopic (exact) mass is 270 g/mol. The van der Waals surface area contributed by atoms with Gasteiger partial charge in [-0.3, -0.25) is 14.9 Å². The number of aliphatic hydroxyl groups excluding tert-OH is 2. The molecule has 1 aromatic carbocycles. The lowest BCUT2D eigenvalue weighted by Gasteiger charge is -2.13. The molecule has 0 heterocycles. The summed E-state index contributed by atoms with van der Waals surface area (Å²) in [6.45, 7) is 0. The van der Waals surface area contributed by atoms with E-state index in [1.165, 1.54) is 12.1 Å². The van der Waals surface area contributed by atoms with Gasteiger partial charge in [0.2, 0.25) is 0 Å². The number of carbonyl (C=O) groups excluding carboxylic acids is 1. The summed E-state index contributed by atoms with van der Waals surface area (Å²) in [5, 5.41) is 39.1. The number of aliphatic hydroxyl groups is 2. The van der Waals surface area contributed by atoms with Crippen molar-refractivity contribution in [3.63, 3.8) is 0 Å². The molecule has 0 unspecified atom stereocenters. The fourth-order valence-corrected chi connectivity index (χ4v) is 1.16. The van der Waals surface area contributed by atoms with Gasteiger partial charge in [0.1, 0.15) is 0 Å². The Hall–Kier alpha value is -2.52. The highest BCUT2D eigenvalue weighted by atomic mass is 16.6. The average Bonchev–Trinajstić information content (AvgIpc) is 2.37. The van der Waals surface area contributed by atoms with Crippen LogP contribution in [0, 0.1) is 10.1 Å². The number of hydrogen-bond acceptors (Lipinski definition) is 6. The Kier molecular flexibility index (Phi) is 4.51. The zero-order chi connectivity index (χ0) is 14.6. The van der Waals surface area contributed by atoms with Crippen molar-refractivity contribution in [2.24, 2.45) is 0 Å². The van der Waals surface area contributed by atoms with Crippen LogP contribution >= 0.6 is 0 Å². The molecular formula is C10H10N2O7. The molecule has 19 heavy (non-hydrogen) atoms. The summed E-state index contributed by atoms with van der Waals surface area (Å²) in [6, 6.07) is 4.65. The Morgan fingerprint density at radius 1 is 1.16 bits per heavy atom. The molecule has 1 aromatic rings. The number of carbonyl (C=O) groups is 2. The Bertz CT molecular complexity index is 499. The smallest absolute Gasteiger partial charge is 0.335 e. The van der Waals surface area contributed by atoms with Crippen molar-refractivity contribution in [2.75, 3.05) is 5.32 Å². The first-order valence-electron chi connectivity index (χ1n) is 4.97. The quantitative estimate of drug-likeness (QED) is 0.409. The van der Waals surface area contributed by atoms with Crippen LogP contribution in [-0.2, 0) is 9.59 Å². The van der Waals surface area contributed by atoms with Gasteiger partial charge in [0.05, 0.1) is 4.92 Å².